The molecule has 0 spiro atoms. The maximum Gasteiger partial charge on any atom is 0.330 e. The number of nitrogens with zero attached hydrogens (tertiary/aromatic N) is 4. The maximum absolute atomic E-state index is 12.5. The van der Waals surface area contributed by atoms with Gasteiger partial charge in [-0.2, -0.15) is 10.2 Å². The van der Waals surface area contributed by atoms with Crippen LogP contribution in [-0.4, -0.2) is 56.4 Å². The average Bonchev–Trinajstić information content (AvgIpc) is 3.17. The number of rotatable bonds is 18. The van der Waals surface area contributed by atoms with E-state index in [-0.39, 0.29) is 32.1 Å². The number of carbonyl (C=O) groups excluding carboxylic acids is 2. The largest absolute Gasteiger partial charge is 0.481 e. The van der Waals surface area contributed by atoms with Crippen LogP contribution in [0.3, 0.4) is 0 Å². The fourth-order valence-electron chi connectivity index (χ4n) is 4.39. The Balaban J connectivity index is 1.34. The Hall–Kier alpha value is -7.18. The van der Waals surface area contributed by atoms with Crippen molar-refractivity contribution >= 4 is 46.8 Å². The second kappa shape index (κ2) is 20.4. The highest BCUT2D eigenvalue weighted by Crippen LogP contribution is 2.24. The zero-order valence-electron chi connectivity index (χ0n) is 28.0. The molecular weight excluding hydrogens is 664 g/mol. The van der Waals surface area contributed by atoms with Gasteiger partial charge in [0.1, 0.15) is 37.9 Å². The lowest BCUT2D eigenvalue weighted by atomic mass is 10.2. The Labute approximate surface area is 301 Å². The summed E-state index contributed by atoms with van der Waals surface area (Å²) in [5.74, 6) is 5.00. The highest BCUT2D eigenvalue weighted by atomic mass is 16.6. The van der Waals surface area contributed by atoms with Crippen LogP contribution in [0.2, 0.25) is 0 Å². The molecule has 0 aliphatic carbocycles. The van der Waals surface area contributed by atoms with Gasteiger partial charge >= 0.3 is 11.9 Å². The molecule has 0 N–H and O–H groups in total. The quantitative estimate of drug-likeness (QED) is 0.0260. The van der Waals surface area contributed by atoms with Gasteiger partial charge in [-0.15, -0.1) is 12.8 Å². The number of terminal acetylenes is 2. The number of hydrogen-bond donors (Lipinski definition) is 0. The van der Waals surface area contributed by atoms with Crippen molar-refractivity contribution in [1.82, 2.24) is 0 Å². The summed E-state index contributed by atoms with van der Waals surface area (Å²) < 4.78 is 21.6. The Kier molecular flexibility index (Phi) is 14.7. The van der Waals surface area contributed by atoms with Crippen LogP contribution in [-0.2, 0) is 19.1 Å². The number of carbonyl (C=O) groups is 2. The number of anilines is 1. The summed E-state index contributed by atoms with van der Waals surface area (Å²) in [7, 11) is 0. The molecule has 262 valence electrons. The van der Waals surface area contributed by atoms with Gasteiger partial charge in [-0.1, -0.05) is 36.1 Å². The molecule has 12 heteroatoms. The lowest BCUT2D eigenvalue weighted by Crippen LogP contribution is -2.31. The number of non-ortho nitro benzene ring substituents is 1. The molecule has 0 aliphatic heterocycles. The third kappa shape index (κ3) is 13.0. The van der Waals surface area contributed by atoms with Crippen LogP contribution in [0.5, 0.6) is 11.5 Å². The molecule has 12 nitrogen and oxygen atoms in total. The van der Waals surface area contributed by atoms with Gasteiger partial charge in [0.25, 0.3) is 5.69 Å². The molecule has 0 saturated carbocycles. The minimum atomic E-state index is -0.526. The van der Waals surface area contributed by atoms with Gasteiger partial charge in [-0.05, 0) is 83.9 Å². The molecule has 4 aromatic rings. The van der Waals surface area contributed by atoms with Crippen molar-refractivity contribution in [3.8, 4) is 36.2 Å². The van der Waals surface area contributed by atoms with E-state index >= 15 is 0 Å². The van der Waals surface area contributed by atoms with E-state index in [2.05, 4.69) is 22.1 Å². The smallest absolute Gasteiger partial charge is 0.330 e. The summed E-state index contributed by atoms with van der Waals surface area (Å²) >= 11 is 0. The third-order valence-corrected chi connectivity index (χ3v) is 7.00. The molecule has 0 atom stereocenters. The van der Waals surface area contributed by atoms with Crippen molar-refractivity contribution in [2.45, 2.75) is 0 Å². The predicted octanol–water partition coefficient (Wildman–Crippen LogP) is 7.35. The van der Waals surface area contributed by atoms with Crippen molar-refractivity contribution < 1.29 is 33.5 Å². The van der Waals surface area contributed by atoms with Crippen LogP contribution in [0.4, 0.5) is 22.7 Å². The number of benzene rings is 4. The zero-order valence-corrected chi connectivity index (χ0v) is 28.0. The Morgan fingerprint density at radius 3 is 1.50 bits per heavy atom. The third-order valence-electron chi connectivity index (χ3n) is 7.00. The van der Waals surface area contributed by atoms with Gasteiger partial charge in [-0.25, -0.2) is 9.59 Å². The van der Waals surface area contributed by atoms with Crippen LogP contribution in [0, 0.1) is 34.8 Å². The molecule has 0 amide bonds. The molecule has 52 heavy (non-hydrogen) atoms. The number of ether oxygens (including phenoxy) is 4. The van der Waals surface area contributed by atoms with E-state index in [9.17, 15) is 19.7 Å². The fourth-order valence-corrected chi connectivity index (χ4v) is 4.39. The molecule has 0 fully saturated rings. The second-order valence-corrected chi connectivity index (χ2v) is 10.6. The van der Waals surface area contributed by atoms with E-state index in [0.29, 0.717) is 36.0 Å². The van der Waals surface area contributed by atoms with Crippen LogP contribution in [0.25, 0.3) is 12.2 Å². The minimum Gasteiger partial charge on any atom is -0.481 e. The molecule has 4 rings (SSSR count). The summed E-state index contributed by atoms with van der Waals surface area (Å²) in [5, 5.41) is 19.2. The summed E-state index contributed by atoms with van der Waals surface area (Å²) in [4.78, 5) is 37.2. The lowest BCUT2D eigenvalue weighted by Gasteiger charge is -2.24. The Bertz CT molecular complexity index is 1870. The highest BCUT2D eigenvalue weighted by Gasteiger charge is 2.10. The number of hydrogen-bond acceptors (Lipinski definition) is 11. The zero-order chi connectivity index (χ0) is 37.0. The van der Waals surface area contributed by atoms with Crippen LogP contribution >= 0.6 is 0 Å². The van der Waals surface area contributed by atoms with Gasteiger partial charge in [0.2, 0.25) is 0 Å². The van der Waals surface area contributed by atoms with Crippen LogP contribution < -0.4 is 14.4 Å². The predicted molar refractivity (Wildman–Crippen MR) is 197 cm³/mol. The highest BCUT2D eigenvalue weighted by molar-refractivity contribution is 5.87. The van der Waals surface area contributed by atoms with E-state index in [1.54, 1.807) is 72.8 Å². The van der Waals surface area contributed by atoms with E-state index in [1.807, 2.05) is 17.0 Å². The summed E-state index contributed by atoms with van der Waals surface area (Å²) in [6.07, 6.45) is 16.3. The van der Waals surface area contributed by atoms with Crippen molar-refractivity contribution in [3.63, 3.8) is 0 Å². The van der Waals surface area contributed by atoms with E-state index < -0.39 is 16.9 Å². The Morgan fingerprint density at radius 1 is 0.673 bits per heavy atom. The lowest BCUT2D eigenvalue weighted by molar-refractivity contribution is -0.384. The molecule has 0 bridgehead atoms. The van der Waals surface area contributed by atoms with Gasteiger partial charge < -0.3 is 23.8 Å². The first kappa shape index (κ1) is 37.6. The normalized spacial score (nSPS) is 10.8. The molecular formula is C40H34N4O8. The van der Waals surface area contributed by atoms with Gasteiger partial charge in [0.15, 0.2) is 0 Å². The van der Waals surface area contributed by atoms with Crippen molar-refractivity contribution in [3.05, 3.63) is 130 Å². The minimum absolute atomic E-state index is 0.0397. The summed E-state index contributed by atoms with van der Waals surface area (Å²) in [5.41, 5.74) is 3.27. The maximum atomic E-state index is 12.5. The number of nitro groups is 1. The molecule has 0 unspecified atom stereocenters. The van der Waals surface area contributed by atoms with Crippen molar-refractivity contribution in [2.75, 3.05) is 44.4 Å². The SMILES string of the molecule is C#CCOc1ccc(/C=C/C(=O)OCCN(CCOC(=O)/C=C/c2ccc(OCC#C)cc2)c2ccc(N=Nc3ccc([N+](=O)[O-])cc3)cc2)cc1. The van der Waals surface area contributed by atoms with E-state index in [0.717, 1.165) is 16.8 Å². The first-order valence-electron chi connectivity index (χ1n) is 15.9. The van der Waals surface area contributed by atoms with Crippen LogP contribution in [0.1, 0.15) is 11.1 Å². The number of nitro benzene ring substituents is 1. The van der Waals surface area contributed by atoms with Gasteiger partial charge in [0, 0.05) is 30.0 Å². The topological polar surface area (TPSA) is 142 Å². The standard InChI is InChI=1S/C40H34N4O8/c1-3-27-49-37-19-5-31(6-20-37)9-23-39(45)51-29-25-43(26-30-52-40(46)24-10-32-7-21-38(22-8-32)50-28-4-2)35-15-11-33(12-16-35)41-42-34-13-17-36(18-14-34)44(47)48/h1-2,5-24H,25-30H2/b23-9+,24-10+,42-41?. The first-order chi connectivity index (χ1) is 25.3. The van der Waals surface area contributed by atoms with Gasteiger partial charge in [-0.3, -0.25) is 10.1 Å². The number of esters is 2. The molecule has 0 saturated heterocycles. The fraction of sp³-hybridized carbons (Fsp3) is 0.150. The average molecular weight is 699 g/mol. The molecule has 0 radical (unpaired) electrons. The van der Waals surface area contributed by atoms with E-state index in [1.165, 1.54) is 36.4 Å². The van der Waals surface area contributed by atoms with Gasteiger partial charge in [0.05, 0.1) is 29.4 Å². The molecule has 0 heterocycles. The van der Waals surface area contributed by atoms with E-state index in [4.69, 9.17) is 31.8 Å². The molecule has 0 aliphatic rings. The molecule has 4 aromatic carbocycles. The van der Waals surface area contributed by atoms with Crippen LogP contribution in [0.15, 0.2) is 119 Å². The second-order valence-electron chi connectivity index (χ2n) is 10.6. The van der Waals surface area contributed by atoms with Crippen molar-refractivity contribution in [2.24, 2.45) is 10.2 Å². The van der Waals surface area contributed by atoms with Crippen molar-refractivity contribution in [1.29, 1.82) is 0 Å². The summed E-state index contributed by atoms with van der Waals surface area (Å²) in [6.45, 7) is 1.03. The monoisotopic (exact) mass is 698 g/mol. The number of azo groups is 1. The first-order valence-corrected chi connectivity index (χ1v) is 15.9. The summed E-state index contributed by atoms with van der Waals surface area (Å²) in [6, 6.07) is 27.0. The Morgan fingerprint density at radius 2 is 1.10 bits per heavy atom. The molecule has 0 aromatic heterocycles.